The first-order valence-corrected chi connectivity index (χ1v) is 9.26. The van der Waals surface area contributed by atoms with Gasteiger partial charge in [0.2, 0.25) is 0 Å². The summed E-state index contributed by atoms with van der Waals surface area (Å²) in [4.78, 5) is 0. The predicted molar refractivity (Wildman–Crippen MR) is 105 cm³/mol. The Morgan fingerprint density at radius 3 is 2.44 bits per heavy atom. The second-order valence-corrected chi connectivity index (χ2v) is 7.24. The molecule has 1 aliphatic heterocycles. The van der Waals surface area contributed by atoms with E-state index in [1.54, 1.807) is 6.92 Å². The smallest absolute Gasteiger partial charge is 0.139 e. The number of allylic oxidation sites excluding steroid dienone is 2. The minimum absolute atomic E-state index is 0.0771. The normalized spacial score (nSPS) is 17.4. The molecular weight excluding hydrogens is 435 g/mol. The van der Waals surface area contributed by atoms with Crippen molar-refractivity contribution >= 4 is 33.9 Å². The zero-order chi connectivity index (χ0) is 18.0. The lowest BCUT2D eigenvalue weighted by Crippen LogP contribution is -2.26. The Bertz CT molecular complexity index is 810. The number of nitrogens with one attached hydrogen (secondary N) is 1. The van der Waals surface area contributed by atoms with Gasteiger partial charge in [-0.2, -0.15) is 0 Å². The highest BCUT2D eigenvalue weighted by Gasteiger charge is 2.27. The molecule has 0 radical (unpaired) electrons. The Labute approximate surface area is 159 Å². The molecule has 0 aliphatic carbocycles. The Hall–Kier alpha value is -1.89. The highest BCUT2D eigenvalue weighted by Crippen LogP contribution is 2.39. The van der Waals surface area contributed by atoms with Gasteiger partial charge in [-0.25, -0.2) is 8.78 Å². The van der Waals surface area contributed by atoms with Crippen LogP contribution < -0.4 is 10.1 Å². The summed E-state index contributed by atoms with van der Waals surface area (Å²) >= 11 is 2.28. The van der Waals surface area contributed by atoms with Gasteiger partial charge in [-0.3, -0.25) is 0 Å². The number of alkyl halides is 1. The molecule has 1 heterocycles. The Balaban J connectivity index is 2.19. The summed E-state index contributed by atoms with van der Waals surface area (Å²) in [7, 11) is 0. The molecule has 2 aromatic carbocycles. The highest BCUT2D eigenvalue weighted by molar-refractivity contribution is 14.1. The number of ether oxygens (including phenoxy) is 1. The van der Waals surface area contributed by atoms with Crippen molar-refractivity contribution in [1.29, 1.82) is 0 Å². The Kier molecular flexibility index (Phi) is 5.42. The van der Waals surface area contributed by atoms with Crippen molar-refractivity contribution < 1.29 is 13.5 Å². The summed E-state index contributed by atoms with van der Waals surface area (Å²) < 4.78 is 34.8. The number of hydrogen-bond donors (Lipinski definition) is 1. The molecule has 0 aromatic heterocycles. The van der Waals surface area contributed by atoms with Crippen molar-refractivity contribution in [2.45, 2.75) is 17.3 Å². The van der Waals surface area contributed by atoms with Crippen LogP contribution in [0.15, 0.2) is 54.7 Å². The summed E-state index contributed by atoms with van der Waals surface area (Å²) in [5.74, 6) is -1.12. The van der Waals surface area contributed by atoms with E-state index in [1.165, 1.54) is 12.1 Å². The van der Waals surface area contributed by atoms with Gasteiger partial charge in [-0.15, -0.1) is 0 Å². The van der Waals surface area contributed by atoms with E-state index in [-0.39, 0.29) is 15.2 Å². The minimum atomic E-state index is -0.654. The molecule has 0 amide bonds. The van der Waals surface area contributed by atoms with E-state index in [0.29, 0.717) is 18.7 Å². The molecule has 130 valence electrons. The fraction of sp³-hybridized carbons (Fsp3) is 0.200. The molecule has 3 rings (SSSR count). The monoisotopic (exact) mass is 453 g/mol. The second-order valence-electron chi connectivity index (χ2n) is 5.74. The molecule has 2 nitrogen and oxygen atoms in total. The van der Waals surface area contributed by atoms with Gasteiger partial charge < -0.3 is 10.1 Å². The molecular formula is C20H18F2INO. The van der Waals surface area contributed by atoms with Crippen LogP contribution in [0.2, 0.25) is 0 Å². The highest BCUT2D eigenvalue weighted by atomic mass is 127. The Morgan fingerprint density at radius 1 is 1.20 bits per heavy atom. The molecule has 2 aromatic rings. The molecule has 1 N–H and O–H groups in total. The summed E-state index contributed by atoms with van der Waals surface area (Å²) in [6.07, 6.45) is 0.651. The van der Waals surface area contributed by atoms with Crippen molar-refractivity contribution in [3.63, 3.8) is 0 Å². The largest absolute Gasteiger partial charge is 0.494 e. The summed E-state index contributed by atoms with van der Waals surface area (Å²) in [6.45, 7) is 6.10. The van der Waals surface area contributed by atoms with E-state index in [1.807, 2.05) is 30.3 Å². The number of halogens is 3. The van der Waals surface area contributed by atoms with Gasteiger partial charge in [0, 0.05) is 17.8 Å². The van der Waals surface area contributed by atoms with Crippen LogP contribution in [0.5, 0.6) is 5.75 Å². The van der Waals surface area contributed by atoms with E-state index in [0.717, 1.165) is 16.8 Å². The van der Waals surface area contributed by atoms with Gasteiger partial charge in [0.05, 0.1) is 21.8 Å². The molecule has 1 atom stereocenters. The maximum Gasteiger partial charge on any atom is 0.139 e. The van der Waals surface area contributed by atoms with Crippen LogP contribution in [0.4, 0.5) is 8.78 Å². The summed E-state index contributed by atoms with van der Waals surface area (Å²) in [5.41, 5.74) is 2.90. The molecule has 5 heteroatoms. The average Bonchev–Trinajstić information content (AvgIpc) is 2.58. The first kappa shape index (κ1) is 17.9. The lowest BCUT2D eigenvalue weighted by Gasteiger charge is -2.29. The fourth-order valence-electron chi connectivity index (χ4n) is 2.87. The van der Waals surface area contributed by atoms with Crippen LogP contribution in [-0.4, -0.2) is 10.5 Å². The van der Waals surface area contributed by atoms with Crippen LogP contribution >= 0.6 is 22.6 Å². The first-order valence-electron chi connectivity index (χ1n) is 8.02. The maximum absolute atomic E-state index is 14.7. The molecule has 1 aliphatic rings. The van der Waals surface area contributed by atoms with Crippen LogP contribution in [0, 0.1) is 11.6 Å². The van der Waals surface area contributed by atoms with E-state index in [2.05, 4.69) is 34.5 Å². The SMILES string of the molecule is C=C1NC(c2c(F)cc(OCC)cc2F)=C(c2ccccc2)CC1I. The second kappa shape index (κ2) is 7.56. The lowest BCUT2D eigenvalue weighted by molar-refractivity contribution is 0.335. The predicted octanol–water partition coefficient (Wildman–Crippen LogP) is 5.54. The van der Waals surface area contributed by atoms with Crippen molar-refractivity contribution in [1.82, 2.24) is 5.32 Å². The van der Waals surface area contributed by atoms with E-state index in [9.17, 15) is 8.78 Å². The zero-order valence-corrected chi connectivity index (χ0v) is 15.9. The van der Waals surface area contributed by atoms with E-state index in [4.69, 9.17) is 4.74 Å². The van der Waals surface area contributed by atoms with Gasteiger partial charge in [-0.1, -0.05) is 59.5 Å². The number of benzene rings is 2. The van der Waals surface area contributed by atoms with Crippen molar-refractivity contribution in [3.8, 4) is 5.75 Å². The van der Waals surface area contributed by atoms with Gasteiger partial charge in [0.25, 0.3) is 0 Å². The van der Waals surface area contributed by atoms with E-state index >= 15 is 0 Å². The summed E-state index contributed by atoms with van der Waals surface area (Å²) in [5, 5.41) is 3.12. The zero-order valence-electron chi connectivity index (χ0n) is 13.8. The standard InChI is InChI=1S/C20H18F2INO/c1-3-25-14-9-16(21)19(17(22)10-14)20-15(11-18(23)12(2)24-20)13-7-5-4-6-8-13/h4-10,18,24H,2-3,11H2,1H3. The molecule has 0 spiro atoms. The first-order chi connectivity index (χ1) is 12.0. The molecule has 0 bridgehead atoms. The average molecular weight is 453 g/mol. The molecule has 0 saturated heterocycles. The van der Waals surface area contributed by atoms with Crippen LogP contribution in [0.3, 0.4) is 0 Å². The maximum atomic E-state index is 14.7. The third-order valence-electron chi connectivity index (χ3n) is 4.05. The number of hydrogen-bond acceptors (Lipinski definition) is 2. The van der Waals surface area contributed by atoms with Gasteiger partial charge in [0.1, 0.15) is 17.4 Å². The molecule has 25 heavy (non-hydrogen) atoms. The van der Waals surface area contributed by atoms with Crippen molar-refractivity contribution in [3.05, 3.63) is 77.5 Å². The van der Waals surface area contributed by atoms with E-state index < -0.39 is 11.6 Å². The van der Waals surface area contributed by atoms with Crippen LogP contribution in [0.1, 0.15) is 24.5 Å². The number of rotatable bonds is 4. The van der Waals surface area contributed by atoms with Crippen LogP contribution in [0.25, 0.3) is 11.3 Å². The molecule has 0 saturated carbocycles. The molecule has 0 fully saturated rings. The quantitative estimate of drug-likeness (QED) is 0.485. The van der Waals surface area contributed by atoms with Gasteiger partial charge in [0.15, 0.2) is 0 Å². The fourth-order valence-corrected chi connectivity index (χ4v) is 3.47. The van der Waals surface area contributed by atoms with Crippen molar-refractivity contribution in [2.24, 2.45) is 0 Å². The Morgan fingerprint density at radius 2 is 1.84 bits per heavy atom. The lowest BCUT2D eigenvalue weighted by atomic mass is 9.91. The third kappa shape index (κ3) is 3.71. The summed E-state index contributed by atoms with van der Waals surface area (Å²) in [6, 6.07) is 12.1. The topological polar surface area (TPSA) is 21.3 Å². The van der Waals surface area contributed by atoms with Crippen molar-refractivity contribution in [2.75, 3.05) is 6.61 Å². The van der Waals surface area contributed by atoms with Gasteiger partial charge >= 0.3 is 0 Å². The van der Waals surface area contributed by atoms with Gasteiger partial charge in [-0.05, 0) is 24.5 Å². The molecule has 1 unspecified atom stereocenters. The van der Waals surface area contributed by atoms with Crippen LogP contribution in [-0.2, 0) is 0 Å². The third-order valence-corrected chi connectivity index (χ3v) is 5.24. The minimum Gasteiger partial charge on any atom is -0.494 e.